The molecule has 2 aromatic carbocycles. The molecule has 0 aliphatic heterocycles. The fourth-order valence-electron chi connectivity index (χ4n) is 3.79. The molecule has 5 heteroatoms. The molecule has 0 saturated carbocycles. The Kier molecular flexibility index (Phi) is 8.48. The standard InChI is InChI=1S/C27H37NO4/c1-19(2)16-32-25(30)20-8-12-22(13-9-20)28-24(29)17-31-23-14-10-21(11-15-23)27(6,7)18-26(3,4)5/h8-15,19H,16-18H2,1-7H3,(H,28,29). The van der Waals surface area contributed by atoms with Gasteiger partial charge < -0.3 is 14.8 Å². The molecule has 1 amide bonds. The summed E-state index contributed by atoms with van der Waals surface area (Å²) in [6, 6.07) is 14.6. The number of hydrogen-bond donors (Lipinski definition) is 1. The first-order valence-electron chi connectivity index (χ1n) is 11.2. The second kappa shape index (κ2) is 10.7. The second-order valence-electron chi connectivity index (χ2n) is 10.6. The molecule has 1 N–H and O–H groups in total. The normalized spacial score (nSPS) is 11.9. The number of rotatable bonds is 9. The van der Waals surface area contributed by atoms with Crippen molar-refractivity contribution in [3.8, 4) is 5.75 Å². The molecule has 0 aliphatic rings. The smallest absolute Gasteiger partial charge is 0.338 e. The highest BCUT2D eigenvalue weighted by Crippen LogP contribution is 2.36. The van der Waals surface area contributed by atoms with E-state index in [4.69, 9.17) is 9.47 Å². The maximum absolute atomic E-state index is 12.2. The van der Waals surface area contributed by atoms with Gasteiger partial charge in [0.15, 0.2) is 6.61 Å². The molecule has 0 aliphatic carbocycles. The monoisotopic (exact) mass is 439 g/mol. The average molecular weight is 440 g/mol. The van der Waals surface area contributed by atoms with Gasteiger partial charge in [-0.3, -0.25) is 4.79 Å². The molecule has 5 nitrogen and oxygen atoms in total. The van der Waals surface area contributed by atoms with Crippen LogP contribution in [0.15, 0.2) is 48.5 Å². The van der Waals surface area contributed by atoms with Crippen molar-refractivity contribution in [3.05, 3.63) is 59.7 Å². The average Bonchev–Trinajstić information content (AvgIpc) is 2.69. The first kappa shape index (κ1) is 25.4. The Morgan fingerprint density at radius 2 is 1.50 bits per heavy atom. The summed E-state index contributed by atoms with van der Waals surface area (Å²) in [5.41, 5.74) is 2.59. The number of carbonyl (C=O) groups excluding carboxylic acids is 2. The molecule has 0 spiro atoms. The Balaban J connectivity index is 1.86. The first-order chi connectivity index (χ1) is 14.9. The molecule has 0 unspecified atom stereocenters. The highest BCUT2D eigenvalue weighted by molar-refractivity contribution is 5.93. The van der Waals surface area contributed by atoms with E-state index in [9.17, 15) is 9.59 Å². The van der Waals surface area contributed by atoms with Gasteiger partial charge in [-0.25, -0.2) is 4.79 Å². The highest BCUT2D eigenvalue weighted by atomic mass is 16.5. The zero-order valence-corrected chi connectivity index (χ0v) is 20.5. The van der Waals surface area contributed by atoms with Gasteiger partial charge in [-0.05, 0) is 65.1 Å². The van der Waals surface area contributed by atoms with Crippen LogP contribution >= 0.6 is 0 Å². The van der Waals surface area contributed by atoms with Gasteiger partial charge in [-0.1, -0.05) is 60.6 Å². The minimum Gasteiger partial charge on any atom is -0.484 e. The fraction of sp³-hybridized carbons (Fsp3) is 0.481. The van der Waals surface area contributed by atoms with Crippen LogP contribution in [-0.4, -0.2) is 25.1 Å². The molecule has 2 rings (SSSR count). The molecule has 0 aromatic heterocycles. The number of ether oxygens (including phenoxy) is 2. The van der Waals surface area contributed by atoms with Crippen LogP contribution in [0.3, 0.4) is 0 Å². The first-order valence-corrected chi connectivity index (χ1v) is 11.2. The molecule has 32 heavy (non-hydrogen) atoms. The van der Waals surface area contributed by atoms with Crippen LogP contribution in [0.1, 0.15) is 70.8 Å². The minimum absolute atomic E-state index is 0.0571. The molecule has 0 heterocycles. The summed E-state index contributed by atoms with van der Waals surface area (Å²) in [4.78, 5) is 24.2. The van der Waals surface area contributed by atoms with E-state index in [1.807, 2.05) is 26.0 Å². The van der Waals surface area contributed by atoms with Crippen molar-refractivity contribution in [2.24, 2.45) is 11.3 Å². The van der Waals surface area contributed by atoms with E-state index >= 15 is 0 Å². The van der Waals surface area contributed by atoms with Gasteiger partial charge in [-0.15, -0.1) is 0 Å². The Morgan fingerprint density at radius 1 is 0.906 bits per heavy atom. The Labute approximate surface area is 192 Å². The van der Waals surface area contributed by atoms with E-state index in [1.165, 1.54) is 5.56 Å². The van der Waals surface area contributed by atoms with Gasteiger partial charge in [0.25, 0.3) is 5.91 Å². The third-order valence-corrected chi connectivity index (χ3v) is 4.93. The lowest BCUT2D eigenvalue weighted by Crippen LogP contribution is -2.24. The van der Waals surface area contributed by atoms with E-state index in [-0.39, 0.29) is 35.2 Å². The second-order valence-corrected chi connectivity index (χ2v) is 10.6. The molecule has 0 saturated heterocycles. The number of benzene rings is 2. The van der Waals surface area contributed by atoms with Crippen LogP contribution in [0.2, 0.25) is 0 Å². The summed E-state index contributed by atoms with van der Waals surface area (Å²) < 4.78 is 10.8. The van der Waals surface area contributed by atoms with Crippen molar-refractivity contribution < 1.29 is 19.1 Å². The third-order valence-electron chi connectivity index (χ3n) is 4.93. The van der Waals surface area contributed by atoms with E-state index < -0.39 is 0 Å². The summed E-state index contributed by atoms with van der Waals surface area (Å²) in [5.74, 6) is 0.300. The zero-order valence-electron chi connectivity index (χ0n) is 20.5. The van der Waals surface area contributed by atoms with Gasteiger partial charge in [-0.2, -0.15) is 0 Å². The predicted octanol–water partition coefficient (Wildman–Crippen LogP) is 6.23. The van der Waals surface area contributed by atoms with Crippen LogP contribution in [0.5, 0.6) is 5.75 Å². The summed E-state index contributed by atoms with van der Waals surface area (Å²) >= 11 is 0. The Morgan fingerprint density at radius 3 is 2.03 bits per heavy atom. The van der Waals surface area contributed by atoms with Crippen molar-refractivity contribution in [2.45, 2.75) is 60.3 Å². The SMILES string of the molecule is CC(C)COC(=O)c1ccc(NC(=O)COc2ccc(C(C)(C)CC(C)(C)C)cc2)cc1. The van der Waals surface area contributed by atoms with Crippen molar-refractivity contribution in [2.75, 3.05) is 18.5 Å². The molecular formula is C27H37NO4. The number of nitrogens with one attached hydrogen (secondary N) is 1. The molecule has 2 aromatic rings. The lowest BCUT2D eigenvalue weighted by molar-refractivity contribution is -0.118. The van der Waals surface area contributed by atoms with Gasteiger partial charge in [0.2, 0.25) is 0 Å². The van der Waals surface area contributed by atoms with Crippen LogP contribution in [0.25, 0.3) is 0 Å². The fourth-order valence-corrected chi connectivity index (χ4v) is 3.79. The van der Waals surface area contributed by atoms with Crippen LogP contribution in [0, 0.1) is 11.3 Å². The molecule has 174 valence electrons. The van der Waals surface area contributed by atoms with E-state index in [0.717, 1.165) is 6.42 Å². The van der Waals surface area contributed by atoms with Gasteiger partial charge >= 0.3 is 5.97 Å². The molecular weight excluding hydrogens is 402 g/mol. The third kappa shape index (κ3) is 8.37. The summed E-state index contributed by atoms with van der Waals surface area (Å²) in [7, 11) is 0. The van der Waals surface area contributed by atoms with Gasteiger partial charge in [0, 0.05) is 5.69 Å². The molecule has 0 radical (unpaired) electrons. The molecule has 0 fully saturated rings. The lowest BCUT2D eigenvalue weighted by atomic mass is 9.72. The lowest BCUT2D eigenvalue weighted by Gasteiger charge is -2.33. The maximum Gasteiger partial charge on any atom is 0.338 e. The maximum atomic E-state index is 12.2. The van der Waals surface area contributed by atoms with Crippen LogP contribution in [0.4, 0.5) is 5.69 Å². The van der Waals surface area contributed by atoms with Crippen molar-refractivity contribution >= 4 is 17.6 Å². The van der Waals surface area contributed by atoms with Crippen LogP contribution < -0.4 is 10.1 Å². The van der Waals surface area contributed by atoms with Gasteiger partial charge in [0.05, 0.1) is 12.2 Å². The quantitative estimate of drug-likeness (QED) is 0.470. The number of hydrogen-bond acceptors (Lipinski definition) is 4. The zero-order chi connectivity index (χ0) is 23.9. The van der Waals surface area contributed by atoms with Crippen molar-refractivity contribution in [3.63, 3.8) is 0 Å². The number of esters is 1. The summed E-state index contributed by atoms with van der Waals surface area (Å²) in [6.45, 7) is 15.5. The Hall–Kier alpha value is -2.82. The number of anilines is 1. The van der Waals surface area contributed by atoms with E-state index in [1.54, 1.807) is 24.3 Å². The van der Waals surface area contributed by atoms with E-state index in [0.29, 0.717) is 23.6 Å². The topological polar surface area (TPSA) is 64.6 Å². The molecule has 0 atom stereocenters. The summed E-state index contributed by atoms with van der Waals surface area (Å²) in [6.07, 6.45) is 1.07. The Bertz CT molecular complexity index is 891. The van der Waals surface area contributed by atoms with E-state index in [2.05, 4.69) is 52.1 Å². The largest absolute Gasteiger partial charge is 0.484 e. The van der Waals surface area contributed by atoms with Crippen LogP contribution in [-0.2, 0) is 14.9 Å². The van der Waals surface area contributed by atoms with Crippen molar-refractivity contribution in [1.29, 1.82) is 0 Å². The number of amides is 1. The predicted molar refractivity (Wildman–Crippen MR) is 129 cm³/mol. The summed E-state index contributed by atoms with van der Waals surface area (Å²) in [5, 5.41) is 2.77. The van der Waals surface area contributed by atoms with Crippen molar-refractivity contribution in [1.82, 2.24) is 0 Å². The minimum atomic E-state index is -0.367. The highest BCUT2D eigenvalue weighted by Gasteiger charge is 2.27. The van der Waals surface area contributed by atoms with Gasteiger partial charge in [0.1, 0.15) is 5.75 Å². The molecule has 0 bridgehead atoms. The number of carbonyl (C=O) groups is 2.